The van der Waals surface area contributed by atoms with Gasteiger partial charge in [-0.2, -0.15) is 0 Å². The molecule has 0 aliphatic heterocycles. The van der Waals surface area contributed by atoms with Crippen molar-refractivity contribution in [2.75, 3.05) is 6.61 Å². The van der Waals surface area contributed by atoms with Crippen LogP contribution in [0.1, 0.15) is 18.1 Å². The van der Waals surface area contributed by atoms with Crippen molar-refractivity contribution in [2.24, 2.45) is 0 Å². The number of rotatable bonds is 6. The molecular formula is C16H17Cl2NO3S. The predicted octanol–water partition coefficient (Wildman–Crippen LogP) is 4.18. The maximum absolute atomic E-state index is 12.4. The van der Waals surface area contributed by atoms with Crippen LogP contribution in [0.25, 0.3) is 0 Å². The lowest BCUT2D eigenvalue weighted by atomic mass is 10.2. The fourth-order valence-corrected chi connectivity index (χ4v) is 3.59. The second-order valence-corrected chi connectivity index (χ2v) is 7.53. The zero-order chi connectivity index (χ0) is 17.0. The molecule has 0 atom stereocenters. The van der Waals surface area contributed by atoms with Crippen LogP contribution in [0.15, 0.2) is 41.3 Å². The summed E-state index contributed by atoms with van der Waals surface area (Å²) in [5, 5.41) is 0.923. The van der Waals surface area contributed by atoms with Gasteiger partial charge in [-0.05, 0) is 55.3 Å². The molecule has 7 heteroatoms. The van der Waals surface area contributed by atoms with E-state index in [4.69, 9.17) is 27.9 Å². The van der Waals surface area contributed by atoms with E-state index < -0.39 is 10.0 Å². The van der Waals surface area contributed by atoms with Gasteiger partial charge in [0.05, 0.1) is 11.5 Å². The molecule has 0 bridgehead atoms. The molecule has 0 unspecified atom stereocenters. The van der Waals surface area contributed by atoms with E-state index in [1.54, 1.807) is 37.3 Å². The minimum Gasteiger partial charge on any atom is -0.494 e. The van der Waals surface area contributed by atoms with Gasteiger partial charge in [0.2, 0.25) is 10.0 Å². The fraction of sp³-hybridized carbons (Fsp3) is 0.250. The zero-order valence-corrected chi connectivity index (χ0v) is 15.1. The van der Waals surface area contributed by atoms with Gasteiger partial charge in [0, 0.05) is 16.6 Å². The lowest BCUT2D eigenvalue weighted by Gasteiger charge is -2.11. The van der Waals surface area contributed by atoms with Crippen LogP contribution in [0.4, 0.5) is 0 Å². The maximum Gasteiger partial charge on any atom is 0.240 e. The van der Waals surface area contributed by atoms with E-state index in [0.29, 0.717) is 28.0 Å². The lowest BCUT2D eigenvalue weighted by molar-refractivity contribution is 0.337. The predicted molar refractivity (Wildman–Crippen MR) is 92.8 cm³/mol. The molecule has 0 aliphatic carbocycles. The van der Waals surface area contributed by atoms with E-state index in [2.05, 4.69) is 4.72 Å². The molecule has 0 aliphatic rings. The standard InChI is InChI=1S/C16H17Cl2NO3S/c1-3-22-16-7-6-14(8-11(16)2)23(20,21)19-10-12-4-5-13(17)9-15(12)18/h4-9,19H,3,10H2,1-2H3. The number of hydrogen-bond acceptors (Lipinski definition) is 3. The number of nitrogens with one attached hydrogen (secondary N) is 1. The van der Waals surface area contributed by atoms with Crippen molar-refractivity contribution in [2.45, 2.75) is 25.3 Å². The quantitative estimate of drug-likeness (QED) is 0.825. The molecule has 23 heavy (non-hydrogen) atoms. The van der Waals surface area contributed by atoms with Gasteiger partial charge in [0.25, 0.3) is 0 Å². The summed E-state index contributed by atoms with van der Waals surface area (Å²) in [5.74, 6) is 0.673. The van der Waals surface area contributed by atoms with Gasteiger partial charge >= 0.3 is 0 Å². The van der Waals surface area contributed by atoms with Crippen molar-refractivity contribution in [1.29, 1.82) is 0 Å². The molecule has 0 saturated carbocycles. The monoisotopic (exact) mass is 373 g/mol. The van der Waals surface area contributed by atoms with E-state index in [1.807, 2.05) is 6.92 Å². The SMILES string of the molecule is CCOc1ccc(S(=O)(=O)NCc2ccc(Cl)cc2Cl)cc1C. The average Bonchev–Trinajstić information content (AvgIpc) is 2.48. The maximum atomic E-state index is 12.4. The number of sulfonamides is 1. The van der Waals surface area contributed by atoms with Crippen LogP contribution in [-0.4, -0.2) is 15.0 Å². The third kappa shape index (κ3) is 4.61. The van der Waals surface area contributed by atoms with Crippen LogP contribution >= 0.6 is 23.2 Å². The summed E-state index contributed by atoms with van der Waals surface area (Å²) in [6.45, 7) is 4.30. The average molecular weight is 374 g/mol. The van der Waals surface area contributed by atoms with E-state index in [9.17, 15) is 8.42 Å². The van der Waals surface area contributed by atoms with Gasteiger partial charge < -0.3 is 4.74 Å². The minimum absolute atomic E-state index is 0.0879. The molecule has 0 amide bonds. The molecule has 0 radical (unpaired) electrons. The molecule has 2 rings (SSSR count). The Hall–Kier alpha value is -1.27. The summed E-state index contributed by atoms with van der Waals surface area (Å²) < 4.78 is 32.7. The summed E-state index contributed by atoms with van der Waals surface area (Å²) in [6.07, 6.45) is 0. The third-order valence-corrected chi connectivity index (χ3v) is 5.21. The third-order valence-electron chi connectivity index (χ3n) is 3.22. The van der Waals surface area contributed by atoms with E-state index in [1.165, 1.54) is 6.07 Å². The number of aryl methyl sites for hydroxylation is 1. The topological polar surface area (TPSA) is 55.4 Å². The Morgan fingerprint density at radius 3 is 2.48 bits per heavy atom. The Morgan fingerprint density at radius 1 is 1.13 bits per heavy atom. The molecule has 2 aromatic carbocycles. The second kappa shape index (κ2) is 7.53. The molecule has 124 valence electrons. The van der Waals surface area contributed by atoms with Gasteiger partial charge in [0.15, 0.2) is 0 Å². The van der Waals surface area contributed by atoms with Crippen molar-refractivity contribution in [3.05, 3.63) is 57.6 Å². The molecular weight excluding hydrogens is 357 g/mol. The first-order valence-electron chi connectivity index (χ1n) is 7.00. The number of halogens is 2. The Morgan fingerprint density at radius 2 is 1.87 bits per heavy atom. The van der Waals surface area contributed by atoms with Crippen LogP contribution in [0, 0.1) is 6.92 Å². The normalized spacial score (nSPS) is 11.5. The summed E-state index contributed by atoms with van der Waals surface area (Å²) in [4.78, 5) is 0.184. The minimum atomic E-state index is -3.64. The number of benzene rings is 2. The van der Waals surface area contributed by atoms with E-state index in [-0.39, 0.29) is 11.4 Å². The Kier molecular flexibility index (Phi) is 5.92. The van der Waals surface area contributed by atoms with E-state index in [0.717, 1.165) is 5.56 Å². The summed E-state index contributed by atoms with van der Waals surface area (Å²) in [7, 11) is -3.64. The van der Waals surface area contributed by atoms with Gasteiger partial charge in [-0.3, -0.25) is 0 Å². The van der Waals surface area contributed by atoms with Crippen LogP contribution < -0.4 is 9.46 Å². The molecule has 0 saturated heterocycles. The van der Waals surface area contributed by atoms with Crippen molar-refractivity contribution in [3.63, 3.8) is 0 Å². The van der Waals surface area contributed by atoms with Crippen molar-refractivity contribution in [3.8, 4) is 5.75 Å². The van der Waals surface area contributed by atoms with Gasteiger partial charge in [-0.15, -0.1) is 0 Å². The molecule has 0 aromatic heterocycles. The Balaban J connectivity index is 2.17. The van der Waals surface area contributed by atoms with Crippen molar-refractivity contribution in [1.82, 2.24) is 4.72 Å². The first-order valence-corrected chi connectivity index (χ1v) is 9.24. The summed E-state index contributed by atoms with van der Waals surface area (Å²) >= 11 is 11.9. The first kappa shape index (κ1) is 18.1. The zero-order valence-electron chi connectivity index (χ0n) is 12.8. The largest absolute Gasteiger partial charge is 0.494 e. The van der Waals surface area contributed by atoms with Crippen LogP contribution in [0.3, 0.4) is 0 Å². The van der Waals surface area contributed by atoms with Gasteiger partial charge in [-0.25, -0.2) is 13.1 Å². The highest BCUT2D eigenvalue weighted by Crippen LogP contribution is 2.23. The number of ether oxygens (including phenoxy) is 1. The van der Waals surface area contributed by atoms with Crippen molar-refractivity contribution >= 4 is 33.2 Å². The highest BCUT2D eigenvalue weighted by Gasteiger charge is 2.16. The highest BCUT2D eigenvalue weighted by molar-refractivity contribution is 7.89. The van der Waals surface area contributed by atoms with Crippen LogP contribution in [0.5, 0.6) is 5.75 Å². The number of hydrogen-bond donors (Lipinski definition) is 1. The molecule has 2 aromatic rings. The first-order chi connectivity index (χ1) is 10.8. The molecule has 0 fully saturated rings. The molecule has 0 spiro atoms. The summed E-state index contributed by atoms with van der Waals surface area (Å²) in [5.41, 5.74) is 1.42. The van der Waals surface area contributed by atoms with Crippen LogP contribution in [-0.2, 0) is 16.6 Å². The summed E-state index contributed by atoms with van der Waals surface area (Å²) in [6, 6.07) is 9.69. The molecule has 4 nitrogen and oxygen atoms in total. The van der Waals surface area contributed by atoms with Crippen molar-refractivity contribution < 1.29 is 13.2 Å². The van der Waals surface area contributed by atoms with E-state index >= 15 is 0 Å². The Bertz CT molecular complexity index is 807. The molecule has 0 heterocycles. The lowest BCUT2D eigenvalue weighted by Crippen LogP contribution is -2.23. The van der Waals surface area contributed by atoms with Gasteiger partial charge in [0.1, 0.15) is 5.75 Å². The fourth-order valence-electron chi connectivity index (χ4n) is 2.03. The van der Waals surface area contributed by atoms with Gasteiger partial charge in [-0.1, -0.05) is 29.3 Å². The Labute approximate surface area is 146 Å². The highest BCUT2D eigenvalue weighted by atomic mass is 35.5. The smallest absolute Gasteiger partial charge is 0.240 e. The second-order valence-electron chi connectivity index (χ2n) is 4.92. The molecule has 1 N–H and O–H groups in total. The van der Waals surface area contributed by atoms with Crippen LogP contribution in [0.2, 0.25) is 10.0 Å².